The fourth-order valence-corrected chi connectivity index (χ4v) is 2.71. The predicted molar refractivity (Wildman–Crippen MR) is 76.9 cm³/mol. The SMILES string of the molecule is O=C(NC[C@@H]1CCO[C@@H]1c1ncn[nH]1)c1ccc(F)c(C(F)(F)F)c1. The van der Waals surface area contributed by atoms with Crippen LogP contribution < -0.4 is 5.32 Å². The summed E-state index contributed by atoms with van der Waals surface area (Å²) in [7, 11) is 0. The van der Waals surface area contributed by atoms with Crippen LogP contribution in [0.5, 0.6) is 0 Å². The zero-order chi connectivity index (χ0) is 18.0. The number of benzene rings is 1. The highest BCUT2D eigenvalue weighted by atomic mass is 19.4. The Morgan fingerprint density at radius 1 is 1.40 bits per heavy atom. The van der Waals surface area contributed by atoms with Crippen LogP contribution in [0.4, 0.5) is 17.6 Å². The summed E-state index contributed by atoms with van der Waals surface area (Å²) in [6, 6.07) is 2.15. The van der Waals surface area contributed by atoms with Gasteiger partial charge in [0.25, 0.3) is 5.91 Å². The maximum absolute atomic E-state index is 13.3. The number of aromatic nitrogens is 3. The fourth-order valence-electron chi connectivity index (χ4n) is 2.71. The van der Waals surface area contributed by atoms with Crippen molar-refractivity contribution in [3.8, 4) is 0 Å². The Balaban J connectivity index is 1.67. The number of rotatable bonds is 4. The highest BCUT2D eigenvalue weighted by molar-refractivity contribution is 5.94. The van der Waals surface area contributed by atoms with Crippen LogP contribution >= 0.6 is 0 Å². The second-order valence-corrected chi connectivity index (χ2v) is 5.61. The van der Waals surface area contributed by atoms with Crippen molar-refractivity contribution in [3.63, 3.8) is 0 Å². The van der Waals surface area contributed by atoms with Gasteiger partial charge in [-0.05, 0) is 24.6 Å². The minimum Gasteiger partial charge on any atom is -0.370 e. The summed E-state index contributed by atoms with van der Waals surface area (Å²) < 4.78 is 57.0. The van der Waals surface area contributed by atoms with Crippen molar-refractivity contribution in [2.75, 3.05) is 13.2 Å². The smallest absolute Gasteiger partial charge is 0.370 e. The Bertz CT molecular complexity index is 748. The Kier molecular flexibility index (Phi) is 4.71. The first-order valence-corrected chi connectivity index (χ1v) is 7.48. The molecule has 0 saturated carbocycles. The van der Waals surface area contributed by atoms with E-state index in [0.29, 0.717) is 31.0 Å². The number of amides is 1. The Hall–Kier alpha value is -2.49. The minimum absolute atomic E-state index is 0.0977. The molecule has 1 saturated heterocycles. The third-order valence-electron chi connectivity index (χ3n) is 3.98. The van der Waals surface area contributed by atoms with Gasteiger partial charge in [-0.25, -0.2) is 9.37 Å². The lowest BCUT2D eigenvalue weighted by Gasteiger charge is -2.17. The van der Waals surface area contributed by atoms with Crippen molar-refractivity contribution >= 4 is 5.91 Å². The average Bonchev–Trinajstić information content (AvgIpc) is 3.22. The Morgan fingerprint density at radius 3 is 2.88 bits per heavy atom. The van der Waals surface area contributed by atoms with Gasteiger partial charge < -0.3 is 10.1 Å². The predicted octanol–water partition coefficient (Wildman–Crippen LogP) is 2.47. The number of halogens is 4. The van der Waals surface area contributed by atoms with Gasteiger partial charge in [-0.2, -0.15) is 18.3 Å². The van der Waals surface area contributed by atoms with Gasteiger partial charge in [0, 0.05) is 24.6 Å². The summed E-state index contributed by atoms with van der Waals surface area (Å²) in [5.41, 5.74) is -1.73. The van der Waals surface area contributed by atoms with Crippen LogP contribution in [0.1, 0.15) is 34.3 Å². The van der Waals surface area contributed by atoms with E-state index in [-0.39, 0.29) is 24.1 Å². The molecule has 0 bridgehead atoms. The van der Waals surface area contributed by atoms with Crippen molar-refractivity contribution in [2.45, 2.75) is 18.7 Å². The van der Waals surface area contributed by atoms with Crippen molar-refractivity contribution in [1.29, 1.82) is 0 Å². The number of hydrogen-bond donors (Lipinski definition) is 2. The molecule has 134 valence electrons. The summed E-state index contributed by atoms with van der Waals surface area (Å²) in [5, 5.41) is 8.99. The van der Waals surface area contributed by atoms with Crippen molar-refractivity contribution in [3.05, 3.63) is 47.3 Å². The van der Waals surface area contributed by atoms with E-state index in [1.807, 2.05) is 0 Å². The van der Waals surface area contributed by atoms with E-state index in [9.17, 15) is 22.4 Å². The first-order valence-electron chi connectivity index (χ1n) is 7.48. The zero-order valence-electron chi connectivity index (χ0n) is 12.8. The van der Waals surface area contributed by atoms with Crippen LogP contribution in [-0.4, -0.2) is 34.2 Å². The summed E-state index contributed by atoms with van der Waals surface area (Å²) >= 11 is 0. The molecule has 1 fully saturated rings. The highest BCUT2D eigenvalue weighted by Gasteiger charge is 2.35. The van der Waals surface area contributed by atoms with Crippen LogP contribution in [0.2, 0.25) is 0 Å². The topological polar surface area (TPSA) is 79.9 Å². The van der Waals surface area contributed by atoms with Gasteiger partial charge in [-0.1, -0.05) is 0 Å². The molecule has 25 heavy (non-hydrogen) atoms. The quantitative estimate of drug-likeness (QED) is 0.823. The molecule has 1 aromatic carbocycles. The number of hydrogen-bond acceptors (Lipinski definition) is 4. The lowest BCUT2D eigenvalue weighted by atomic mass is 10.0. The van der Waals surface area contributed by atoms with E-state index in [1.165, 1.54) is 6.33 Å². The van der Waals surface area contributed by atoms with Crippen molar-refractivity contribution in [2.24, 2.45) is 5.92 Å². The molecule has 2 heterocycles. The lowest BCUT2D eigenvalue weighted by Crippen LogP contribution is -2.31. The largest absolute Gasteiger partial charge is 0.419 e. The fraction of sp³-hybridized carbons (Fsp3) is 0.400. The molecule has 2 aromatic rings. The van der Waals surface area contributed by atoms with Crippen LogP contribution in [0, 0.1) is 11.7 Å². The van der Waals surface area contributed by atoms with E-state index in [2.05, 4.69) is 20.5 Å². The molecular weight excluding hydrogens is 344 g/mol. The molecule has 6 nitrogen and oxygen atoms in total. The maximum Gasteiger partial charge on any atom is 0.419 e. The summed E-state index contributed by atoms with van der Waals surface area (Å²) in [5.74, 6) is -1.70. The van der Waals surface area contributed by atoms with Gasteiger partial charge in [0.05, 0.1) is 5.56 Å². The molecule has 0 spiro atoms. The number of H-pyrrole nitrogens is 1. The number of nitrogens with one attached hydrogen (secondary N) is 2. The van der Waals surface area contributed by atoms with Gasteiger partial charge in [-0.3, -0.25) is 9.89 Å². The zero-order valence-corrected chi connectivity index (χ0v) is 12.8. The molecule has 2 N–H and O–H groups in total. The first kappa shape index (κ1) is 17.3. The molecule has 0 unspecified atom stereocenters. The summed E-state index contributed by atoms with van der Waals surface area (Å²) in [4.78, 5) is 16.1. The monoisotopic (exact) mass is 358 g/mol. The molecule has 2 atom stereocenters. The van der Waals surface area contributed by atoms with E-state index in [4.69, 9.17) is 4.74 Å². The molecule has 1 aromatic heterocycles. The molecule has 3 rings (SSSR count). The Labute approximate surface area is 139 Å². The van der Waals surface area contributed by atoms with E-state index in [0.717, 1.165) is 6.07 Å². The van der Waals surface area contributed by atoms with Gasteiger partial charge in [0.15, 0.2) is 5.82 Å². The second-order valence-electron chi connectivity index (χ2n) is 5.61. The van der Waals surface area contributed by atoms with Crippen LogP contribution in [0.3, 0.4) is 0 Å². The van der Waals surface area contributed by atoms with Crippen molar-refractivity contribution in [1.82, 2.24) is 20.5 Å². The number of ether oxygens (including phenoxy) is 1. The average molecular weight is 358 g/mol. The van der Waals surface area contributed by atoms with Gasteiger partial charge >= 0.3 is 6.18 Å². The van der Waals surface area contributed by atoms with Crippen LogP contribution in [0.25, 0.3) is 0 Å². The van der Waals surface area contributed by atoms with E-state index < -0.39 is 23.5 Å². The third-order valence-corrected chi connectivity index (χ3v) is 3.98. The molecule has 10 heteroatoms. The first-order chi connectivity index (χ1) is 11.9. The van der Waals surface area contributed by atoms with Gasteiger partial charge in [-0.15, -0.1) is 0 Å². The molecule has 0 aliphatic carbocycles. The third kappa shape index (κ3) is 3.78. The summed E-state index contributed by atoms with van der Waals surface area (Å²) in [6.45, 7) is 0.656. The minimum atomic E-state index is -4.86. The lowest BCUT2D eigenvalue weighted by molar-refractivity contribution is -0.140. The highest BCUT2D eigenvalue weighted by Crippen LogP contribution is 2.33. The number of carbonyl (C=O) groups excluding carboxylic acids is 1. The Morgan fingerprint density at radius 2 is 2.20 bits per heavy atom. The van der Waals surface area contributed by atoms with Crippen LogP contribution in [0.15, 0.2) is 24.5 Å². The molecular formula is C15H14F4N4O2. The number of carbonyl (C=O) groups is 1. The number of nitrogens with zero attached hydrogens (tertiary/aromatic N) is 2. The van der Waals surface area contributed by atoms with E-state index >= 15 is 0 Å². The molecule has 1 amide bonds. The summed E-state index contributed by atoms with van der Waals surface area (Å²) in [6.07, 6.45) is -3.24. The molecule has 0 radical (unpaired) electrons. The molecule has 1 aliphatic rings. The van der Waals surface area contributed by atoms with E-state index in [1.54, 1.807) is 0 Å². The second kappa shape index (κ2) is 6.79. The van der Waals surface area contributed by atoms with Gasteiger partial charge in [0.1, 0.15) is 18.2 Å². The molecule has 1 aliphatic heterocycles. The maximum atomic E-state index is 13.3. The van der Waals surface area contributed by atoms with Crippen LogP contribution in [-0.2, 0) is 10.9 Å². The van der Waals surface area contributed by atoms with Gasteiger partial charge in [0.2, 0.25) is 0 Å². The number of aromatic amines is 1. The van der Waals surface area contributed by atoms with Crippen molar-refractivity contribution < 1.29 is 27.1 Å². The normalized spacial score (nSPS) is 20.6. The standard InChI is InChI=1S/C15H14F4N4O2/c16-11-2-1-8(5-10(11)15(17,18)19)14(24)20-6-9-3-4-25-12(9)13-21-7-22-23-13/h1-2,5,7,9,12H,3-4,6H2,(H,20,24)(H,21,22,23)/t9-,12-/m0/s1. The number of alkyl halides is 3.